The van der Waals surface area contributed by atoms with Crippen LogP contribution in [0.2, 0.25) is 5.02 Å². The van der Waals surface area contributed by atoms with E-state index in [9.17, 15) is 4.79 Å². The minimum Gasteiger partial charge on any atom is -0.493 e. The summed E-state index contributed by atoms with van der Waals surface area (Å²) < 4.78 is 10.4. The van der Waals surface area contributed by atoms with Gasteiger partial charge in [-0.15, -0.1) is 11.8 Å². The molecule has 0 aliphatic heterocycles. The van der Waals surface area contributed by atoms with Crippen LogP contribution in [0.4, 0.5) is 0 Å². The number of thioether (sulfide) groups is 1. The lowest BCUT2D eigenvalue weighted by Crippen LogP contribution is -2.19. The van der Waals surface area contributed by atoms with Gasteiger partial charge in [-0.25, -0.2) is 5.43 Å². The van der Waals surface area contributed by atoms with Gasteiger partial charge in [0.2, 0.25) is 5.91 Å². The highest BCUT2D eigenvalue weighted by atomic mass is 35.5. The molecule has 0 bridgehead atoms. The highest BCUT2D eigenvalue weighted by molar-refractivity contribution is 7.99. The Morgan fingerprint density at radius 1 is 1.16 bits per heavy atom. The Hall–Kier alpha value is -2.18. The van der Waals surface area contributed by atoms with Crippen molar-refractivity contribution in [3.05, 3.63) is 58.6 Å². The molecule has 132 valence electrons. The number of amides is 1. The summed E-state index contributed by atoms with van der Waals surface area (Å²) in [5, 5.41) is 4.66. The molecule has 2 aromatic carbocycles. The second-order valence-corrected chi connectivity index (χ2v) is 6.45. The second kappa shape index (κ2) is 9.96. The SMILES string of the molecule is COc1ccc(/C=N\NC(=O)CSCc2ccc(Cl)cc2)cc1OC. The van der Waals surface area contributed by atoms with E-state index in [0.29, 0.717) is 22.3 Å². The van der Waals surface area contributed by atoms with Crippen LogP contribution in [0.5, 0.6) is 11.5 Å². The van der Waals surface area contributed by atoms with Crippen LogP contribution in [0.3, 0.4) is 0 Å². The molecule has 25 heavy (non-hydrogen) atoms. The number of hydrogen-bond acceptors (Lipinski definition) is 5. The monoisotopic (exact) mass is 378 g/mol. The summed E-state index contributed by atoms with van der Waals surface area (Å²) in [7, 11) is 3.14. The molecule has 0 saturated carbocycles. The first-order valence-electron chi connectivity index (χ1n) is 7.48. The zero-order valence-electron chi connectivity index (χ0n) is 14.0. The first kappa shape index (κ1) is 19.1. The maximum absolute atomic E-state index is 11.8. The van der Waals surface area contributed by atoms with E-state index >= 15 is 0 Å². The van der Waals surface area contributed by atoms with Crippen LogP contribution in [0.1, 0.15) is 11.1 Å². The maximum Gasteiger partial charge on any atom is 0.250 e. The molecule has 0 aromatic heterocycles. The quantitative estimate of drug-likeness (QED) is 0.561. The van der Waals surface area contributed by atoms with Crippen molar-refractivity contribution < 1.29 is 14.3 Å². The van der Waals surface area contributed by atoms with Crippen LogP contribution in [0, 0.1) is 0 Å². The van der Waals surface area contributed by atoms with Crippen LogP contribution in [-0.4, -0.2) is 32.1 Å². The predicted octanol–water partition coefficient (Wildman–Crippen LogP) is 3.74. The van der Waals surface area contributed by atoms with E-state index in [2.05, 4.69) is 10.5 Å². The number of nitrogens with zero attached hydrogens (tertiary/aromatic N) is 1. The summed E-state index contributed by atoms with van der Waals surface area (Å²) in [6, 6.07) is 13.0. The van der Waals surface area contributed by atoms with Crippen molar-refractivity contribution in [3.8, 4) is 11.5 Å². The predicted molar refractivity (Wildman–Crippen MR) is 103 cm³/mol. The Morgan fingerprint density at radius 3 is 2.56 bits per heavy atom. The van der Waals surface area contributed by atoms with Gasteiger partial charge >= 0.3 is 0 Å². The van der Waals surface area contributed by atoms with E-state index in [1.807, 2.05) is 30.3 Å². The average Bonchev–Trinajstić information content (AvgIpc) is 2.63. The number of hydrazone groups is 1. The minimum absolute atomic E-state index is 0.157. The van der Waals surface area contributed by atoms with E-state index in [-0.39, 0.29) is 5.91 Å². The number of hydrogen-bond donors (Lipinski definition) is 1. The molecule has 0 spiro atoms. The second-order valence-electron chi connectivity index (χ2n) is 5.03. The third-order valence-corrected chi connectivity index (χ3v) is 4.48. The maximum atomic E-state index is 11.8. The summed E-state index contributed by atoms with van der Waals surface area (Å²) >= 11 is 7.35. The number of carbonyl (C=O) groups excluding carboxylic acids is 1. The number of methoxy groups -OCH3 is 2. The largest absolute Gasteiger partial charge is 0.493 e. The molecular formula is C18H19ClN2O3S. The van der Waals surface area contributed by atoms with E-state index < -0.39 is 0 Å². The van der Waals surface area contributed by atoms with E-state index in [1.165, 1.54) is 11.8 Å². The topological polar surface area (TPSA) is 59.9 Å². The van der Waals surface area contributed by atoms with Crippen molar-refractivity contribution in [2.45, 2.75) is 5.75 Å². The van der Waals surface area contributed by atoms with Crippen LogP contribution < -0.4 is 14.9 Å². The van der Waals surface area contributed by atoms with Crippen LogP contribution in [0.15, 0.2) is 47.6 Å². The molecule has 7 heteroatoms. The van der Waals surface area contributed by atoms with Crippen LogP contribution >= 0.6 is 23.4 Å². The number of rotatable bonds is 8. The van der Waals surface area contributed by atoms with Crippen molar-refractivity contribution in [3.63, 3.8) is 0 Å². The third kappa shape index (κ3) is 6.32. The smallest absolute Gasteiger partial charge is 0.250 e. The zero-order valence-corrected chi connectivity index (χ0v) is 15.6. The summed E-state index contributed by atoms with van der Waals surface area (Å²) in [6.45, 7) is 0. The number of nitrogens with one attached hydrogen (secondary N) is 1. The third-order valence-electron chi connectivity index (χ3n) is 3.23. The molecule has 0 unspecified atom stereocenters. The molecule has 0 saturated heterocycles. The molecule has 0 heterocycles. The highest BCUT2D eigenvalue weighted by Gasteiger charge is 2.04. The van der Waals surface area contributed by atoms with Gasteiger partial charge in [-0.05, 0) is 41.5 Å². The Balaban J connectivity index is 1.77. The molecule has 0 fully saturated rings. The molecule has 1 amide bonds. The van der Waals surface area contributed by atoms with Crippen molar-refractivity contribution in [2.24, 2.45) is 5.10 Å². The zero-order chi connectivity index (χ0) is 18.1. The molecular weight excluding hydrogens is 360 g/mol. The molecule has 2 rings (SSSR count). The molecule has 2 aromatic rings. The van der Waals surface area contributed by atoms with Crippen LogP contribution in [0.25, 0.3) is 0 Å². The van der Waals surface area contributed by atoms with Gasteiger partial charge < -0.3 is 9.47 Å². The Bertz CT molecular complexity index is 736. The van der Waals surface area contributed by atoms with Crippen molar-refractivity contribution in [1.82, 2.24) is 5.43 Å². The lowest BCUT2D eigenvalue weighted by molar-refractivity contribution is -0.118. The van der Waals surface area contributed by atoms with Gasteiger partial charge in [0.15, 0.2) is 11.5 Å². The Kier molecular flexibility index (Phi) is 7.63. The van der Waals surface area contributed by atoms with Gasteiger partial charge in [0.1, 0.15) is 0 Å². The van der Waals surface area contributed by atoms with Gasteiger partial charge in [-0.2, -0.15) is 5.10 Å². The molecule has 1 N–H and O–H groups in total. The minimum atomic E-state index is -0.157. The van der Waals surface area contributed by atoms with E-state index in [4.69, 9.17) is 21.1 Å². The van der Waals surface area contributed by atoms with E-state index in [1.54, 1.807) is 32.6 Å². The van der Waals surface area contributed by atoms with Gasteiger partial charge in [0.25, 0.3) is 0 Å². The molecule has 0 aliphatic rings. The average molecular weight is 379 g/mol. The number of ether oxygens (including phenoxy) is 2. The first-order valence-corrected chi connectivity index (χ1v) is 9.01. The van der Waals surface area contributed by atoms with Crippen LogP contribution in [-0.2, 0) is 10.5 Å². The van der Waals surface area contributed by atoms with E-state index in [0.717, 1.165) is 16.9 Å². The fourth-order valence-corrected chi connectivity index (χ4v) is 2.89. The Labute approximate surface area is 156 Å². The highest BCUT2D eigenvalue weighted by Crippen LogP contribution is 2.26. The van der Waals surface area contributed by atoms with Crippen molar-refractivity contribution >= 4 is 35.5 Å². The molecule has 0 aliphatic carbocycles. The number of halogens is 1. The van der Waals surface area contributed by atoms with Gasteiger partial charge in [-0.3, -0.25) is 4.79 Å². The van der Waals surface area contributed by atoms with Gasteiger partial charge in [0.05, 0.1) is 26.2 Å². The van der Waals surface area contributed by atoms with Crippen molar-refractivity contribution in [2.75, 3.05) is 20.0 Å². The van der Waals surface area contributed by atoms with Crippen molar-refractivity contribution in [1.29, 1.82) is 0 Å². The summed E-state index contributed by atoms with van der Waals surface area (Å²) in [5.41, 5.74) is 4.43. The number of benzene rings is 2. The number of carbonyl (C=O) groups is 1. The normalized spacial score (nSPS) is 10.7. The van der Waals surface area contributed by atoms with Gasteiger partial charge in [0, 0.05) is 10.8 Å². The van der Waals surface area contributed by atoms with Gasteiger partial charge in [-0.1, -0.05) is 23.7 Å². The first-order chi connectivity index (χ1) is 12.1. The summed E-state index contributed by atoms with van der Waals surface area (Å²) in [6.07, 6.45) is 1.56. The fourth-order valence-electron chi connectivity index (χ4n) is 1.99. The molecule has 0 atom stereocenters. The summed E-state index contributed by atoms with van der Waals surface area (Å²) in [5.74, 6) is 2.16. The summed E-state index contributed by atoms with van der Waals surface area (Å²) in [4.78, 5) is 11.8. The lowest BCUT2D eigenvalue weighted by atomic mass is 10.2. The molecule has 5 nitrogen and oxygen atoms in total. The standard InChI is InChI=1S/C18H19ClN2O3S/c1-23-16-8-5-14(9-17(16)24-2)10-20-21-18(22)12-25-11-13-3-6-15(19)7-4-13/h3-10H,11-12H2,1-2H3,(H,21,22)/b20-10-. The molecule has 0 radical (unpaired) electrons. The lowest BCUT2D eigenvalue weighted by Gasteiger charge is -2.07. The Morgan fingerprint density at radius 2 is 1.88 bits per heavy atom. The fraction of sp³-hybridized carbons (Fsp3) is 0.222.